The minimum atomic E-state index is -0.783. The summed E-state index contributed by atoms with van der Waals surface area (Å²) in [5.41, 5.74) is 0. The van der Waals surface area contributed by atoms with Crippen molar-refractivity contribution in [1.82, 2.24) is 0 Å². The number of carbonyl (C=O) groups is 3. The van der Waals surface area contributed by atoms with E-state index in [1.165, 1.54) is 212 Å². The first-order chi connectivity index (χ1) is 35.5. The first-order valence-electron chi connectivity index (χ1n) is 31.7. The summed E-state index contributed by atoms with van der Waals surface area (Å²) in [6, 6.07) is 0. The van der Waals surface area contributed by atoms with E-state index < -0.39 is 6.10 Å². The van der Waals surface area contributed by atoms with Gasteiger partial charge < -0.3 is 14.2 Å². The van der Waals surface area contributed by atoms with Gasteiger partial charge in [0.2, 0.25) is 0 Å². The van der Waals surface area contributed by atoms with Gasteiger partial charge in [-0.3, -0.25) is 14.4 Å². The number of hydrogen-bond acceptors (Lipinski definition) is 6. The van der Waals surface area contributed by atoms with Gasteiger partial charge in [0.1, 0.15) is 13.2 Å². The average Bonchev–Trinajstić information content (AvgIpc) is 3.38. The third-order valence-electron chi connectivity index (χ3n) is 14.2. The van der Waals surface area contributed by atoms with Crippen molar-refractivity contribution in [3.8, 4) is 0 Å². The van der Waals surface area contributed by atoms with Crippen molar-refractivity contribution < 1.29 is 28.6 Å². The fourth-order valence-electron chi connectivity index (χ4n) is 9.40. The van der Waals surface area contributed by atoms with Crippen LogP contribution in [-0.4, -0.2) is 37.2 Å². The maximum atomic E-state index is 12.9. The smallest absolute Gasteiger partial charge is 0.306 e. The molecule has 0 N–H and O–H groups in total. The van der Waals surface area contributed by atoms with Crippen LogP contribution in [0.3, 0.4) is 0 Å². The largest absolute Gasteiger partial charge is 0.462 e. The third kappa shape index (κ3) is 58.3. The number of allylic oxidation sites excluding steroid dienone is 8. The molecule has 0 saturated carbocycles. The monoisotopic (exact) mass is 1010 g/mol. The van der Waals surface area contributed by atoms with Gasteiger partial charge in [0.05, 0.1) is 0 Å². The molecule has 0 heterocycles. The normalized spacial score (nSPS) is 12.3. The summed E-state index contributed by atoms with van der Waals surface area (Å²) in [6.45, 7) is 6.64. The molecule has 1 atom stereocenters. The van der Waals surface area contributed by atoms with Crippen molar-refractivity contribution in [2.75, 3.05) is 13.2 Å². The number of carbonyl (C=O) groups excluding carboxylic acids is 3. The van der Waals surface area contributed by atoms with Gasteiger partial charge in [-0.05, 0) is 44.9 Å². The van der Waals surface area contributed by atoms with E-state index in [1.807, 2.05) is 0 Å². The number of esters is 3. The van der Waals surface area contributed by atoms with Gasteiger partial charge in [0, 0.05) is 19.3 Å². The van der Waals surface area contributed by atoms with Gasteiger partial charge in [-0.25, -0.2) is 0 Å². The second-order valence-electron chi connectivity index (χ2n) is 21.4. The first kappa shape index (κ1) is 69.4. The molecule has 0 amide bonds. The zero-order valence-electron chi connectivity index (χ0n) is 48.2. The molecule has 0 radical (unpaired) electrons. The Bertz CT molecular complexity index is 1250. The van der Waals surface area contributed by atoms with Crippen LogP contribution in [0.15, 0.2) is 48.6 Å². The second-order valence-corrected chi connectivity index (χ2v) is 21.4. The SMILES string of the molecule is CCCCC\C=C/C=C\C=C/C=C\CCCCCCCC(=O)OC(COC(=O)CCCCCCCCCCCCCCCCCCC)COC(=O)CCCCCCCCCCCCCCCCCCCCC. The average molecular weight is 1010 g/mol. The van der Waals surface area contributed by atoms with Crippen molar-refractivity contribution in [3.05, 3.63) is 48.6 Å². The highest BCUT2D eigenvalue weighted by atomic mass is 16.6. The van der Waals surface area contributed by atoms with Crippen LogP contribution >= 0.6 is 0 Å². The molecule has 72 heavy (non-hydrogen) atoms. The second kappa shape index (κ2) is 60.9. The fraction of sp³-hybridized carbons (Fsp3) is 0.833. The number of unbranched alkanes of at least 4 members (excludes halogenated alkanes) is 42. The molecule has 0 aliphatic heterocycles. The lowest BCUT2D eigenvalue weighted by molar-refractivity contribution is -0.167. The summed E-state index contributed by atoms with van der Waals surface area (Å²) in [5, 5.41) is 0. The van der Waals surface area contributed by atoms with Gasteiger partial charge in [0.25, 0.3) is 0 Å². The van der Waals surface area contributed by atoms with Crippen LogP contribution in [0.2, 0.25) is 0 Å². The van der Waals surface area contributed by atoms with Gasteiger partial charge in [-0.2, -0.15) is 0 Å². The van der Waals surface area contributed by atoms with E-state index in [2.05, 4.69) is 69.4 Å². The highest BCUT2D eigenvalue weighted by Gasteiger charge is 2.19. The Morgan fingerprint density at radius 3 is 0.806 bits per heavy atom. The Morgan fingerprint density at radius 2 is 0.500 bits per heavy atom. The highest BCUT2D eigenvalue weighted by Crippen LogP contribution is 2.18. The minimum absolute atomic E-state index is 0.0781. The lowest BCUT2D eigenvalue weighted by Gasteiger charge is -2.18. The topological polar surface area (TPSA) is 78.9 Å². The number of rotatable bonds is 58. The Morgan fingerprint density at radius 1 is 0.278 bits per heavy atom. The quantitative estimate of drug-likeness (QED) is 0.0261. The molecule has 6 heteroatoms. The van der Waals surface area contributed by atoms with E-state index in [9.17, 15) is 14.4 Å². The molecule has 0 aliphatic rings. The maximum absolute atomic E-state index is 12.9. The van der Waals surface area contributed by atoms with E-state index in [0.29, 0.717) is 19.3 Å². The molecule has 0 bridgehead atoms. The van der Waals surface area contributed by atoms with E-state index >= 15 is 0 Å². The molecule has 0 aliphatic carbocycles. The molecule has 0 fully saturated rings. The lowest BCUT2D eigenvalue weighted by atomic mass is 10.0. The molecule has 0 saturated heterocycles. The van der Waals surface area contributed by atoms with E-state index in [1.54, 1.807) is 0 Å². The fourth-order valence-corrected chi connectivity index (χ4v) is 9.40. The molecule has 0 spiro atoms. The summed E-state index contributed by atoms with van der Waals surface area (Å²) in [6.07, 6.45) is 75.3. The van der Waals surface area contributed by atoms with Crippen molar-refractivity contribution in [2.24, 2.45) is 0 Å². The predicted molar refractivity (Wildman–Crippen MR) is 312 cm³/mol. The molecule has 6 nitrogen and oxygen atoms in total. The van der Waals surface area contributed by atoms with Gasteiger partial charge >= 0.3 is 17.9 Å². The Labute approximate surface area is 448 Å². The molecule has 1 unspecified atom stereocenters. The standard InChI is InChI=1S/C66H120O6/c1-4-7-10-13-16-19-22-25-28-31-33-36-38-41-44-47-50-53-56-59-65(68)71-62-63(61-70-64(67)58-55-52-49-46-43-40-37-34-30-27-24-21-18-15-12-9-6-3)72-66(69)60-57-54-51-48-45-42-39-35-32-29-26-23-20-17-14-11-8-5-2/h17,20,23,26,29,32,35,39,63H,4-16,18-19,21-22,24-25,27-28,30-31,33-34,36-38,40-62H2,1-3H3/b20-17-,26-23-,32-29-,39-35-. The van der Waals surface area contributed by atoms with Crippen LogP contribution < -0.4 is 0 Å². The van der Waals surface area contributed by atoms with Gasteiger partial charge in [-0.15, -0.1) is 0 Å². The van der Waals surface area contributed by atoms with Crippen LogP contribution in [0, 0.1) is 0 Å². The van der Waals surface area contributed by atoms with Crippen molar-refractivity contribution >= 4 is 17.9 Å². The zero-order valence-corrected chi connectivity index (χ0v) is 48.2. The van der Waals surface area contributed by atoms with Crippen LogP contribution in [0.1, 0.15) is 335 Å². The molecule has 0 rings (SSSR count). The summed E-state index contributed by atoms with van der Waals surface area (Å²) < 4.78 is 16.9. The number of hydrogen-bond donors (Lipinski definition) is 0. The van der Waals surface area contributed by atoms with Crippen molar-refractivity contribution in [3.63, 3.8) is 0 Å². The van der Waals surface area contributed by atoms with Gasteiger partial charge in [-0.1, -0.05) is 320 Å². The Hall–Kier alpha value is -2.63. The van der Waals surface area contributed by atoms with E-state index in [-0.39, 0.29) is 31.1 Å². The van der Waals surface area contributed by atoms with Crippen LogP contribution in [-0.2, 0) is 28.6 Å². The molecule has 420 valence electrons. The molecule has 0 aromatic rings. The highest BCUT2D eigenvalue weighted by molar-refractivity contribution is 5.71. The van der Waals surface area contributed by atoms with Crippen molar-refractivity contribution in [1.29, 1.82) is 0 Å². The predicted octanol–water partition coefficient (Wildman–Crippen LogP) is 21.4. The van der Waals surface area contributed by atoms with E-state index in [0.717, 1.165) is 83.5 Å². The maximum Gasteiger partial charge on any atom is 0.306 e. The van der Waals surface area contributed by atoms with Crippen LogP contribution in [0.4, 0.5) is 0 Å². The summed E-state index contributed by atoms with van der Waals surface area (Å²) in [4.78, 5) is 38.3. The van der Waals surface area contributed by atoms with E-state index in [4.69, 9.17) is 14.2 Å². The van der Waals surface area contributed by atoms with Crippen LogP contribution in [0.5, 0.6) is 0 Å². The third-order valence-corrected chi connectivity index (χ3v) is 14.2. The molecular formula is C66H120O6. The first-order valence-corrected chi connectivity index (χ1v) is 31.7. The molecule has 0 aromatic heterocycles. The Balaban J connectivity index is 4.37. The summed E-state index contributed by atoms with van der Waals surface area (Å²) in [5.74, 6) is -0.877. The molecule has 0 aromatic carbocycles. The molecular weight excluding hydrogens is 889 g/mol. The summed E-state index contributed by atoms with van der Waals surface area (Å²) in [7, 11) is 0. The van der Waals surface area contributed by atoms with Crippen molar-refractivity contribution in [2.45, 2.75) is 341 Å². The Kier molecular flexibility index (Phi) is 58.7. The lowest BCUT2D eigenvalue weighted by Crippen LogP contribution is -2.30. The summed E-state index contributed by atoms with van der Waals surface area (Å²) >= 11 is 0. The van der Waals surface area contributed by atoms with Crippen LogP contribution in [0.25, 0.3) is 0 Å². The van der Waals surface area contributed by atoms with Gasteiger partial charge in [0.15, 0.2) is 6.10 Å². The zero-order chi connectivity index (χ0) is 52.2. The number of ether oxygens (including phenoxy) is 3. The minimum Gasteiger partial charge on any atom is -0.462 e.